The highest BCUT2D eigenvalue weighted by Crippen LogP contribution is 2.37. The summed E-state index contributed by atoms with van der Waals surface area (Å²) in [7, 11) is 0. The molecule has 1 aliphatic rings. The van der Waals surface area contributed by atoms with Crippen molar-refractivity contribution in [2.75, 3.05) is 6.79 Å². The lowest BCUT2D eigenvalue weighted by atomic mass is 9.97. The summed E-state index contributed by atoms with van der Waals surface area (Å²) in [5.74, 6) is 1.48. The molecule has 0 saturated carbocycles. The minimum atomic E-state index is 0.250. The summed E-state index contributed by atoms with van der Waals surface area (Å²) in [6.45, 7) is 0.250. The molecular formula is C23H15N3O2. The van der Waals surface area contributed by atoms with E-state index >= 15 is 0 Å². The summed E-state index contributed by atoms with van der Waals surface area (Å²) < 4.78 is 12.8. The third-order valence-electron chi connectivity index (χ3n) is 5.14. The fourth-order valence-electron chi connectivity index (χ4n) is 3.84. The molecule has 1 aliphatic heterocycles. The van der Waals surface area contributed by atoms with Crippen LogP contribution in [0.2, 0.25) is 0 Å². The standard InChI is InChI=1S/C23H15N3O2/c1-2-6-15(7-3-1)19-13-20-23(18-9-5-4-8-17(18)19)26(25-24-20)16-10-11-21-22(12-16)28-14-27-21/h1-13H,14H2. The van der Waals surface area contributed by atoms with E-state index in [1.165, 1.54) is 10.9 Å². The van der Waals surface area contributed by atoms with E-state index in [0.29, 0.717) is 0 Å². The average molecular weight is 365 g/mol. The predicted octanol–water partition coefficient (Wildman–Crippen LogP) is 4.97. The molecule has 0 aliphatic carbocycles. The van der Waals surface area contributed by atoms with Crippen LogP contribution in [0.4, 0.5) is 0 Å². The zero-order chi connectivity index (χ0) is 18.5. The van der Waals surface area contributed by atoms with E-state index < -0.39 is 0 Å². The number of rotatable bonds is 2. The van der Waals surface area contributed by atoms with Crippen molar-refractivity contribution in [1.82, 2.24) is 15.0 Å². The smallest absolute Gasteiger partial charge is 0.231 e. The maximum absolute atomic E-state index is 5.53. The molecule has 134 valence electrons. The third kappa shape index (κ3) is 2.19. The van der Waals surface area contributed by atoms with Crippen LogP contribution in [-0.2, 0) is 0 Å². The van der Waals surface area contributed by atoms with Crippen molar-refractivity contribution in [3.63, 3.8) is 0 Å². The maximum Gasteiger partial charge on any atom is 0.231 e. The SMILES string of the molecule is c1ccc(-c2cc3nnn(-c4ccc5c(c4)OCO5)c3c3ccccc23)cc1. The molecule has 0 saturated heterocycles. The van der Waals surface area contributed by atoms with Gasteiger partial charge in [-0.25, -0.2) is 4.68 Å². The van der Waals surface area contributed by atoms with Gasteiger partial charge in [0, 0.05) is 11.5 Å². The van der Waals surface area contributed by atoms with Crippen molar-refractivity contribution in [3.05, 3.63) is 78.9 Å². The molecule has 6 rings (SSSR count). The number of fused-ring (bicyclic) bond motifs is 4. The highest BCUT2D eigenvalue weighted by atomic mass is 16.7. The number of benzene rings is 4. The van der Waals surface area contributed by atoms with Gasteiger partial charge in [0.15, 0.2) is 11.5 Å². The van der Waals surface area contributed by atoms with Crippen molar-refractivity contribution < 1.29 is 9.47 Å². The largest absolute Gasteiger partial charge is 0.454 e. The van der Waals surface area contributed by atoms with Crippen LogP contribution in [0.3, 0.4) is 0 Å². The quantitative estimate of drug-likeness (QED) is 0.443. The zero-order valence-corrected chi connectivity index (χ0v) is 14.9. The van der Waals surface area contributed by atoms with Gasteiger partial charge in [0.25, 0.3) is 0 Å². The van der Waals surface area contributed by atoms with Crippen molar-refractivity contribution in [2.24, 2.45) is 0 Å². The van der Waals surface area contributed by atoms with Gasteiger partial charge in [-0.3, -0.25) is 0 Å². The highest BCUT2D eigenvalue weighted by molar-refractivity contribution is 6.11. The van der Waals surface area contributed by atoms with E-state index in [4.69, 9.17) is 9.47 Å². The number of hydrogen-bond acceptors (Lipinski definition) is 4. The summed E-state index contributed by atoms with van der Waals surface area (Å²) in [5, 5.41) is 11.2. The first-order valence-corrected chi connectivity index (χ1v) is 9.11. The Morgan fingerprint density at radius 2 is 1.54 bits per heavy atom. The van der Waals surface area contributed by atoms with E-state index in [1.54, 1.807) is 0 Å². The monoisotopic (exact) mass is 365 g/mol. The van der Waals surface area contributed by atoms with E-state index in [1.807, 2.05) is 35.0 Å². The second kappa shape index (κ2) is 5.82. The predicted molar refractivity (Wildman–Crippen MR) is 108 cm³/mol. The van der Waals surface area contributed by atoms with Gasteiger partial charge >= 0.3 is 0 Å². The Balaban J connectivity index is 1.65. The van der Waals surface area contributed by atoms with Crippen molar-refractivity contribution in [3.8, 4) is 28.3 Å². The molecule has 2 heterocycles. The van der Waals surface area contributed by atoms with Gasteiger partial charge in [-0.2, -0.15) is 0 Å². The van der Waals surface area contributed by atoms with Gasteiger partial charge in [0.1, 0.15) is 11.0 Å². The van der Waals surface area contributed by atoms with Crippen LogP contribution >= 0.6 is 0 Å². The van der Waals surface area contributed by atoms with E-state index in [0.717, 1.165) is 39.2 Å². The average Bonchev–Trinajstić information content (AvgIpc) is 3.40. The van der Waals surface area contributed by atoms with Crippen LogP contribution in [0.1, 0.15) is 0 Å². The molecule has 0 N–H and O–H groups in total. The van der Waals surface area contributed by atoms with Gasteiger partial charge < -0.3 is 9.47 Å². The lowest BCUT2D eigenvalue weighted by Gasteiger charge is -2.10. The minimum absolute atomic E-state index is 0.250. The molecule has 0 radical (unpaired) electrons. The van der Waals surface area contributed by atoms with E-state index in [-0.39, 0.29) is 6.79 Å². The molecule has 0 atom stereocenters. The Morgan fingerprint density at radius 3 is 2.43 bits per heavy atom. The number of nitrogens with zero attached hydrogens (tertiary/aromatic N) is 3. The minimum Gasteiger partial charge on any atom is -0.454 e. The lowest BCUT2D eigenvalue weighted by molar-refractivity contribution is 0.174. The molecule has 0 amide bonds. The Hall–Kier alpha value is -3.86. The second-order valence-corrected chi connectivity index (χ2v) is 6.74. The van der Waals surface area contributed by atoms with Gasteiger partial charge in [0.2, 0.25) is 6.79 Å². The van der Waals surface area contributed by atoms with Gasteiger partial charge in [-0.1, -0.05) is 59.8 Å². The second-order valence-electron chi connectivity index (χ2n) is 6.74. The van der Waals surface area contributed by atoms with Gasteiger partial charge in [-0.15, -0.1) is 5.10 Å². The lowest BCUT2D eigenvalue weighted by Crippen LogP contribution is -1.97. The molecule has 0 unspecified atom stereocenters. The topological polar surface area (TPSA) is 49.2 Å². The normalized spacial score (nSPS) is 12.7. The summed E-state index contributed by atoms with van der Waals surface area (Å²) in [6.07, 6.45) is 0. The molecule has 1 aromatic heterocycles. The fraction of sp³-hybridized carbons (Fsp3) is 0.0435. The Labute approximate surface area is 160 Å². The molecule has 0 spiro atoms. The molecule has 5 aromatic rings. The third-order valence-corrected chi connectivity index (χ3v) is 5.14. The van der Waals surface area contributed by atoms with Crippen LogP contribution < -0.4 is 9.47 Å². The molecule has 28 heavy (non-hydrogen) atoms. The first-order valence-electron chi connectivity index (χ1n) is 9.11. The van der Waals surface area contributed by atoms with Crippen LogP contribution in [0.5, 0.6) is 11.5 Å². The van der Waals surface area contributed by atoms with Crippen LogP contribution in [0, 0.1) is 0 Å². The Kier molecular flexibility index (Phi) is 3.17. The number of aromatic nitrogens is 3. The van der Waals surface area contributed by atoms with E-state index in [2.05, 4.69) is 58.8 Å². The number of hydrogen-bond donors (Lipinski definition) is 0. The summed E-state index contributed by atoms with van der Waals surface area (Å²) in [4.78, 5) is 0. The van der Waals surface area contributed by atoms with Crippen LogP contribution in [0.25, 0.3) is 38.6 Å². The molecule has 4 aromatic carbocycles. The van der Waals surface area contributed by atoms with Crippen molar-refractivity contribution >= 4 is 21.8 Å². The molecular weight excluding hydrogens is 350 g/mol. The molecule has 0 bridgehead atoms. The Bertz CT molecular complexity index is 1340. The molecule has 5 nitrogen and oxygen atoms in total. The van der Waals surface area contributed by atoms with Crippen LogP contribution in [0.15, 0.2) is 78.9 Å². The summed E-state index contributed by atoms with van der Waals surface area (Å²) in [6, 6.07) is 26.7. The highest BCUT2D eigenvalue weighted by Gasteiger charge is 2.18. The van der Waals surface area contributed by atoms with Crippen molar-refractivity contribution in [1.29, 1.82) is 0 Å². The first kappa shape index (κ1) is 15.2. The van der Waals surface area contributed by atoms with E-state index in [9.17, 15) is 0 Å². The van der Waals surface area contributed by atoms with Gasteiger partial charge in [-0.05, 0) is 34.7 Å². The molecule has 0 fully saturated rings. The van der Waals surface area contributed by atoms with Crippen molar-refractivity contribution in [2.45, 2.75) is 0 Å². The fourth-order valence-corrected chi connectivity index (χ4v) is 3.84. The number of ether oxygens (including phenoxy) is 2. The van der Waals surface area contributed by atoms with Gasteiger partial charge in [0.05, 0.1) is 5.69 Å². The Morgan fingerprint density at radius 1 is 0.750 bits per heavy atom. The molecule has 5 heteroatoms. The summed E-state index contributed by atoms with van der Waals surface area (Å²) in [5.41, 5.74) is 5.05. The zero-order valence-electron chi connectivity index (χ0n) is 14.9. The summed E-state index contributed by atoms with van der Waals surface area (Å²) >= 11 is 0. The maximum atomic E-state index is 5.53. The first-order chi connectivity index (χ1) is 13.9. The van der Waals surface area contributed by atoms with Crippen LogP contribution in [-0.4, -0.2) is 21.8 Å².